The molecule has 3 aromatic rings. The number of thiazole rings is 1. The average Bonchev–Trinajstić information content (AvgIpc) is 3.17. The first-order valence-electron chi connectivity index (χ1n) is 9.87. The zero-order valence-electron chi connectivity index (χ0n) is 16.6. The van der Waals surface area contributed by atoms with Gasteiger partial charge in [0.15, 0.2) is 5.82 Å². The number of aromatic nitrogens is 4. The molecule has 1 aliphatic heterocycles. The Morgan fingerprint density at radius 3 is 2.87 bits per heavy atom. The minimum Gasteiger partial charge on any atom is -0.310 e. The summed E-state index contributed by atoms with van der Waals surface area (Å²) in [5.74, 6) is 1.39. The first kappa shape index (κ1) is 21.6. The summed E-state index contributed by atoms with van der Waals surface area (Å²) in [6, 6.07) is 7.37. The lowest BCUT2D eigenvalue weighted by Gasteiger charge is -2.06. The zero-order valence-corrected chi connectivity index (χ0v) is 19.0. The number of nitrogens with zero attached hydrogens (tertiary/aromatic N) is 5. The maximum Gasteiger partial charge on any atom is 0.269 e. The number of halogens is 2. The van der Waals surface area contributed by atoms with Crippen molar-refractivity contribution in [2.24, 2.45) is 0 Å². The quantitative estimate of drug-likeness (QED) is 0.547. The van der Waals surface area contributed by atoms with Gasteiger partial charge >= 0.3 is 0 Å². The summed E-state index contributed by atoms with van der Waals surface area (Å²) in [4.78, 5) is 13.2. The molecule has 9 heteroatoms. The highest BCUT2D eigenvalue weighted by Gasteiger charge is 2.20. The molecule has 0 unspecified atom stereocenters. The summed E-state index contributed by atoms with van der Waals surface area (Å²) in [6.07, 6.45) is 7.37. The Bertz CT molecular complexity index is 1380. The first-order chi connectivity index (χ1) is 15.0. The molecule has 4 rings (SSSR count). The van der Waals surface area contributed by atoms with Crippen molar-refractivity contribution in [1.29, 1.82) is 5.26 Å². The number of aryl methyl sites for hydroxylation is 1. The normalized spacial score (nSPS) is 15.2. The fourth-order valence-corrected chi connectivity index (χ4v) is 5.18. The van der Waals surface area contributed by atoms with Crippen molar-refractivity contribution in [3.05, 3.63) is 77.7 Å². The lowest BCUT2D eigenvalue weighted by Crippen LogP contribution is -2.32. The number of fused-ring (bicyclic) bond motifs is 1. The van der Waals surface area contributed by atoms with E-state index in [2.05, 4.69) is 22.8 Å². The molecule has 0 radical (unpaired) electrons. The van der Waals surface area contributed by atoms with Gasteiger partial charge in [-0.25, -0.2) is 0 Å². The highest BCUT2D eigenvalue weighted by molar-refractivity contribution is 7.07. The van der Waals surface area contributed by atoms with Crippen LogP contribution in [0.15, 0.2) is 35.6 Å². The summed E-state index contributed by atoms with van der Waals surface area (Å²) in [5.41, 5.74) is 0.803. The van der Waals surface area contributed by atoms with E-state index in [0.29, 0.717) is 36.2 Å². The molecule has 0 spiro atoms. The summed E-state index contributed by atoms with van der Waals surface area (Å²) >= 11 is 13.5. The molecular formula is C22H19Cl2N5OS. The summed E-state index contributed by atoms with van der Waals surface area (Å²) in [7, 11) is 0. The number of allylic oxidation sites excluding steroid dienone is 1. The molecule has 0 fully saturated rings. The predicted molar refractivity (Wildman–Crippen MR) is 124 cm³/mol. The largest absolute Gasteiger partial charge is 0.310 e. The van der Waals surface area contributed by atoms with Crippen LogP contribution in [0.1, 0.15) is 36.5 Å². The van der Waals surface area contributed by atoms with Crippen LogP contribution in [0.25, 0.3) is 11.6 Å². The fourth-order valence-electron chi connectivity index (χ4n) is 3.62. The molecule has 0 amide bonds. The van der Waals surface area contributed by atoms with Gasteiger partial charge in [0, 0.05) is 29.6 Å². The van der Waals surface area contributed by atoms with E-state index in [1.165, 1.54) is 11.3 Å². The molecule has 1 aliphatic rings. The number of hydrogen-bond acceptors (Lipinski definition) is 5. The molecule has 2 aromatic heterocycles. The van der Waals surface area contributed by atoms with Crippen LogP contribution < -0.4 is 14.8 Å². The van der Waals surface area contributed by atoms with Crippen LogP contribution in [0.2, 0.25) is 10.0 Å². The second-order valence-electron chi connectivity index (χ2n) is 7.18. The van der Waals surface area contributed by atoms with Gasteiger partial charge in [0.1, 0.15) is 22.1 Å². The van der Waals surface area contributed by atoms with E-state index in [4.69, 9.17) is 23.2 Å². The molecule has 0 bridgehead atoms. The van der Waals surface area contributed by atoms with Crippen LogP contribution in [0.4, 0.5) is 0 Å². The zero-order chi connectivity index (χ0) is 22.0. The third-order valence-corrected chi connectivity index (χ3v) is 6.82. The van der Waals surface area contributed by atoms with Crippen LogP contribution in [-0.2, 0) is 19.5 Å². The van der Waals surface area contributed by atoms with E-state index in [1.54, 1.807) is 34.9 Å². The number of hydrogen-bond donors (Lipinski definition) is 0. The van der Waals surface area contributed by atoms with Gasteiger partial charge in [0.2, 0.25) is 0 Å². The van der Waals surface area contributed by atoms with Crippen molar-refractivity contribution in [2.45, 2.75) is 38.8 Å². The molecule has 0 aliphatic carbocycles. The lowest BCUT2D eigenvalue weighted by atomic mass is 10.2. The Hall–Kier alpha value is -2.66. The second-order valence-corrected chi connectivity index (χ2v) is 9.05. The maximum atomic E-state index is 13.2. The SMILES string of the molecule is C=CCn1c(=O)/c(=C/c2ccc(Cl)cc2Cl)s/c1=C(\C#N)c1nnc2n1CCCCC2. The Kier molecular flexibility index (Phi) is 6.42. The van der Waals surface area contributed by atoms with Crippen LogP contribution in [0.3, 0.4) is 0 Å². The van der Waals surface area contributed by atoms with E-state index in [0.717, 1.165) is 38.1 Å². The second kappa shape index (κ2) is 9.23. The monoisotopic (exact) mass is 471 g/mol. The smallest absolute Gasteiger partial charge is 0.269 e. The van der Waals surface area contributed by atoms with Gasteiger partial charge in [-0.2, -0.15) is 5.26 Å². The maximum absolute atomic E-state index is 13.2. The van der Waals surface area contributed by atoms with Crippen LogP contribution in [-0.4, -0.2) is 19.3 Å². The van der Waals surface area contributed by atoms with E-state index in [9.17, 15) is 10.1 Å². The van der Waals surface area contributed by atoms with E-state index >= 15 is 0 Å². The molecule has 0 atom stereocenters. The van der Waals surface area contributed by atoms with Crippen LogP contribution in [0, 0.1) is 11.3 Å². The van der Waals surface area contributed by atoms with Gasteiger partial charge in [-0.3, -0.25) is 9.36 Å². The first-order valence-corrected chi connectivity index (χ1v) is 11.4. The highest BCUT2D eigenvalue weighted by atomic mass is 35.5. The standard InChI is InChI=1S/C22H19Cl2N5OS/c1-2-9-29-21(30)18(11-14-7-8-15(23)12-17(14)24)31-22(29)16(13-25)20-27-26-19-6-4-3-5-10-28(19)20/h2,7-8,11-12H,1,3-6,9-10H2/b18-11-,22-16+. The van der Waals surface area contributed by atoms with Gasteiger partial charge in [-0.05, 0) is 36.6 Å². The fraction of sp³-hybridized carbons (Fsp3) is 0.273. The van der Waals surface area contributed by atoms with Crippen LogP contribution >= 0.6 is 34.5 Å². The minimum atomic E-state index is -0.214. The molecule has 0 saturated carbocycles. The van der Waals surface area contributed by atoms with Crippen molar-refractivity contribution >= 4 is 46.2 Å². The molecule has 6 nitrogen and oxygen atoms in total. The minimum absolute atomic E-state index is 0.214. The molecule has 0 N–H and O–H groups in total. The summed E-state index contributed by atoms with van der Waals surface area (Å²) in [5, 5.41) is 19.6. The molecule has 1 aromatic carbocycles. The van der Waals surface area contributed by atoms with Gasteiger partial charge in [-0.1, -0.05) is 41.8 Å². The lowest BCUT2D eigenvalue weighted by molar-refractivity contribution is 0.626. The van der Waals surface area contributed by atoms with Gasteiger partial charge in [0.05, 0.1) is 4.53 Å². The Morgan fingerprint density at radius 1 is 1.29 bits per heavy atom. The van der Waals surface area contributed by atoms with Crippen molar-refractivity contribution in [3.63, 3.8) is 0 Å². The van der Waals surface area contributed by atoms with E-state index in [-0.39, 0.29) is 12.1 Å². The molecule has 31 heavy (non-hydrogen) atoms. The molecule has 0 saturated heterocycles. The van der Waals surface area contributed by atoms with Crippen molar-refractivity contribution in [3.8, 4) is 6.07 Å². The Morgan fingerprint density at radius 2 is 2.13 bits per heavy atom. The summed E-state index contributed by atoms with van der Waals surface area (Å²) in [6.45, 7) is 4.80. The average molecular weight is 472 g/mol. The highest BCUT2D eigenvalue weighted by Crippen LogP contribution is 2.21. The van der Waals surface area contributed by atoms with Gasteiger partial charge in [0.25, 0.3) is 5.56 Å². The predicted octanol–water partition coefficient (Wildman–Crippen LogP) is 3.27. The molecular weight excluding hydrogens is 453 g/mol. The Labute approximate surface area is 193 Å². The van der Waals surface area contributed by atoms with Gasteiger partial charge < -0.3 is 4.57 Å². The third-order valence-electron chi connectivity index (χ3n) is 5.13. The number of benzene rings is 1. The molecule has 158 valence electrons. The topological polar surface area (TPSA) is 76.5 Å². The van der Waals surface area contributed by atoms with E-state index in [1.807, 2.05) is 4.57 Å². The van der Waals surface area contributed by atoms with Crippen LogP contribution in [0.5, 0.6) is 0 Å². The van der Waals surface area contributed by atoms with Crippen molar-refractivity contribution in [1.82, 2.24) is 19.3 Å². The molecule has 3 heterocycles. The van der Waals surface area contributed by atoms with Crippen molar-refractivity contribution in [2.75, 3.05) is 0 Å². The third kappa shape index (κ3) is 4.24. The van der Waals surface area contributed by atoms with E-state index < -0.39 is 0 Å². The Balaban J connectivity index is 1.99. The number of rotatable bonds is 4. The summed E-state index contributed by atoms with van der Waals surface area (Å²) < 4.78 is 4.55. The van der Waals surface area contributed by atoms with Crippen molar-refractivity contribution < 1.29 is 0 Å². The van der Waals surface area contributed by atoms with Gasteiger partial charge in [-0.15, -0.1) is 28.1 Å². The number of nitriles is 1.